The van der Waals surface area contributed by atoms with Crippen LogP contribution in [0.1, 0.15) is 12.6 Å². The summed E-state index contributed by atoms with van der Waals surface area (Å²) in [5.41, 5.74) is 1.54. The predicted octanol–water partition coefficient (Wildman–Crippen LogP) is 2.40. The fourth-order valence-electron chi connectivity index (χ4n) is 2.33. The van der Waals surface area contributed by atoms with Crippen LogP contribution in [0.25, 0.3) is 16.6 Å². The van der Waals surface area contributed by atoms with E-state index < -0.39 is 0 Å². The number of halogens is 1. The number of rotatable bonds is 4. The van der Waals surface area contributed by atoms with Crippen LogP contribution in [0, 0.1) is 0 Å². The van der Waals surface area contributed by atoms with Gasteiger partial charge in [0.05, 0.1) is 28.4 Å². The maximum atomic E-state index is 12.4. The van der Waals surface area contributed by atoms with Crippen LogP contribution in [0.15, 0.2) is 35.3 Å². The van der Waals surface area contributed by atoms with Gasteiger partial charge in [-0.25, -0.2) is 9.36 Å². The molecule has 0 spiro atoms. The molecular weight excluding hydrogens is 304 g/mol. The van der Waals surface area contributed by atoms with Gasteiger partial charge in [0.1, 0.15) is 0 Å². The van der Waals surface area contributed by atoms with Crippen molar-refractivity contribution in [3.8, 4) is 5.69 Å². The Balaban J connectivity index is 2.29. The van der Waals surface area contributed by atoms with Crippen molar-refractivity contribution in [1.29, 1.82) is 0 Å². The average Bonchev–Trinajstić information content (AvgIpc) is 2.96. The van der Waals surface area contributed by atoms with Crippen molar-refractivity contribution in [2.75, 3.05) is 7.11 Å². The minimum Gasteiger partial charge on any atom is -0.378 e. The molecule has 0 N–H and O–H groups in total. The first-order valence-electron chi connectivity index (χ1n) is 6.89. The Labute approximate surface area is 131 Å². The van der Waals surface area contributed by atoms with Crippen molar-refractivity contribution in [3.05, 3.63) is 51.5 Å². The summed E-state index contributed by atoms with van der Waals surface area (Å²) in [5, 5.41) is 9.97. The highest BCUT2D eigenvalue weighted by Gasteiger charge is 2.15. The molecule has 7 heteroatoms. The summed E-state index contributed by atoms with van der Waals surface area (Å²) in [6.45, 7) is 2.65. The van der Waals surface area contributed by atoms with Gasteiger partial charge in [-0.1, -0.05) is 23.7 Å². The summed E-state index contributed by atoms with van der Waals surface area (Å²) in [6.07, 6.45) is 1.76. The highest BCUT2D eigenvalue weighted by molar-refractivity contribution is 6.32. The molecule has 0 unspecified atom stereocenters. The van der Waals surface area contributed by atoms with Crippen LogP contribution in [0.2, 0.25) is 5.02 Å². The SMILES string of the molecule is CCn1nc(COC)c2cn(-c3ccccc3Cl)nc2c1=O. The molecule has 0 aliphatic heterocycles. The zero-order chi connectivity index (χ0) is 15.7. The molecule has 0 aliphatic rings. The van der Waals surface area contributed by atoms with Crippen molar-refractivity contribution in [3.63, 3.8) is 0 Å². The van der Waals surface area contributed by atoms with Crippen LogP contribution in [-0.2, 0) is 17.9 Å². The summed E-state index contributed by atoms with van der Waals surface area (Å²) in [4.78, 5) is 12.4. The Morgan fingerprint density at radius 1 is 1.27 bits per heavy atom. The van der Waals surface area contributed by atoms with Gasteiger partial charge in [-0.3, -0.25) is 4.79 Å². The number of benzene rings is 1. The fraction of sp³-hybridized carbons (Fsp3) is 0.267. The molecular formula is C15H15ClN4O2. The molecule has 0 aliphatic carbocycles. The van der Waals surface area contributed by atoms with Crippen molar-refractivity contribution in [2.45, 2.75) is 20.1 Å². The van der Waals surface area contributed by atoms with Gasteiger partial charge < -0.3 is 4.74 Å². The van der Waals surface area contributed by atoms with E-state index in [1.807, 2.05) is 25.1 Å². The molecule has 0 atom stereocenters. The number of ether oxygens (including phenoxy) is 1. The molecule has 0 amide bonds. The van der Waals surface area contributed by atoms with Gasteiger partial charge in [0.25, 0.3) is 5.56 Å². The van der Waals surface area contributed by atoms with Gasteiger partial charge in [-0.15, -0.1) is 0 Å². The van der Waals surface area contributed by atoms with Gasteiger partial charge in [-0.2, -0.15) is 10.2 Å². The van der Waals surface area contributed by atoms with E-state index in [4.69, 9.17) is 16.3 Å². The van der Waals surface area contributed by atoms with Gasteiger partial charge in [-0.05, 0) is 19.1 Å². The maximum Gasteiger partial charge on any atom is 0.295 e. The molecule has 114 valence electrons. The smallest absolute Gasteiger partial charge is 0.295 e. The molecule has 2 heterocycles. The number of fused-ring (bicyclic) bond motifs is 1. The number of para-hydroxylation sites is 1. The molecule has 1 aromatic carbocycles. The molecule has 0 fully saturated rings. The largest absolute Gasteiger partial charge is 0.378 e. The Morgan fingerprint density at radius 2 is 2.05 bits per heavy atom. The van der Waals surface area contributed by atoms with E-state index in [-0.39, 0.29) is 5.56 Å². The second-order valence-corrected chi connectivity index (χ2v) is 5.20. The molecule has 3 rings (SSSR count). The first kappa shape index (κ1) is 14.7. The average molecular weight is 319 g/mol. The lowest BCUT2D eigenvalue weighted by Gasteiger charge is -2.04. The standard InChI is InChI=1S/C15H15ClN4O2/c1-3-19-15(21)14-10(12(17-19)9-22-2)8-20(18-14)13-7-5-4-6-11(13)16/h4-8H,3,9H2,1-2H3. The lowest BCUT2D eigenvalue weighted by Crippen LogP contribution is -2.24. The van der Waals surface area contributed by atoms with Gasteiger partial charge in [0.15, 0.2) is 5.52 Å². The minimum absolute atomic E-state index is 0.219. The van der Waals surface area contributed by atoms with Crippen molar-refractivity contribution in [2.24, 2.45) is 0 Å². The van der Waals surface area contributed by atoms with Crippen molar-refractivity contribution < 1.29 is 4.74 Å². The van der Waals surface area contributed by atoms with Gasteiger partial charge in [0.2, 0.25) is 0 Å². The summed E-state index contributed by atoms with van der Waals surface area (Å²) < 4.78 is 8.17. The second-order valence-electron chi connectivity index (χ2n) is 4.79. The summed E-state index contributed by atoms with van der Waals surface area (Å²) in [5.74, 6) is 0. The van der Waals surface area contributed by atoms with Gasteiger partial charge >= 0.3 is 0 Å². The fourth-order valence-corrected chi connectivity index (χ4v) is 2.55. The lowest BCUT2D eigenvalue weighted by atomic mass is 10.2. The van der Waals surface area contributed by atoms with Crippen molar-refractivity contribution in [1.82, 2.24) is 19.6 Å². The Hall–Kier alpha value is -2.18. The van der Waals surface area contributed by atoms with E-state index in [0.29, 0.717) is 40.5 Å². The summed E-state index contributed by atoms with van der Waals surface area (Å²) in [6, 6.07) is 7.33. The van der Waals surface area contributed by atoms with E-state index in [9.17, 15) is 4.79 Å². The Kier molecular flexibility index (Phi) is 3.96. The van der Waals surface area contributed by atoms with E-state index in [1.165, 1.54) is 4.68 Å². The number of aromatic nitrogens is 4. The van der Waals surface area contributed by atoms with Crippen LogP contribution in [-0.4, -0.2) is 26.7 Å². The number of hydrogen-bond donors (Lipinski definition) is 0. The molecule has 0 saturated carbocycles. The summed E-state index contributed by atoms with van der Waals surface area (Å²) in [7, 11) is 1.59. The van der Waals surface area contributed by atoms with E-state index >= 15 is 0 Å². The highest BCUT2D eigenvalue weighted by Crippen LogP contribution is 2.22. The number of hydrogen-bond acceptors (Lipinski definition) is 4. The van der Waals surface area contributed by atoms with Crippen LogP contribution < -0.4 is 5.56 Å². The topological polar surface area (TPSA) is 61.9 Å². The zero-order valence-corrected chi connectivity index (χ0v) is 13.0. The normalized spacial score (nSPS) is 11.2. The Bertz CT molecular complexity index is 885. The third-order valence-corrected chi connectivity index (χ3v) is 3.70. The molecule has 0 bridgehead atoms. The highest BCUT2D eigenvalue weighted by atomic mass is 35.5. The monoisotopic (exact) mass is 318 g/mol. The summed E-state index contributed by atoms with van der Waals surface area (Å²) >= 11 is 6.20. The van der Waals surface area contributed by atoms with Crippen LogP contribution in [0.4, 0.5) is 0 Å². The molecule has 3 aromatic rings. The van der Waals surface area contributed by atoms with Crippen LogP contribution in [0.3, 0.4) is 0 Å². The Morgan fingerprint density at radius 3 is 2.73 bits per heavy atom. The number of aryl methyl sites for hydroxylation is 1. The molecule has 2 aromatic heterocycles. The minimum atomic E-state index is -0.219. The van der Waals surface area contributed by atoms with Crippen molar-refractivity contribution >= 4 is 22.5 Å². The number of methoxy groups -OCH3 is 1. The predicted molar refractivity (Wildman–Crippen MR) is 84.5 cm³/mol. The second kappa shape index (κ2) is 5.90. The lowest BCUT2D eigenvalue weighted by molar-refractivity contribution is 0.180. The third-order valence-electron chi connectivity index (χ3n) is 3.38. The number of nitrogens with zero attached hydrogens (tertiary/aromatic N) is 4. The molecule has 0 saturated heterocycles. The quantitative estimate of drug-likeness (QED) is 0.741. The third kappa shape index (κ3) is 2.40. The van der Waals surface area contributed by atoms with Crippen LogP contribution in [0.5, 0.6) is 0 Å². The first-order chi connectivity index (χ1) is 10.7. The van der Waals surface area contributed by atoms with Crippen LogP contribution >= 0.6 is 11.6 Å². The molecule has 22 heavy (non-hydrogen) atoms. The van der Waals surface area contributed by atoms with Gasteiger partial charge in [0, 0.05) is 19.9 Å². The molecule has 0 radical (unpaired) electrons. The first-order valence-corrected chi connectivity index (χ1v) is 7.26. The zero-order valence-electron chi connectivity index (χ0n) is 12.3. The maximum absolute atomic E-state index is 12.4. The van der Waals surface area contributed by atoms with E-state index in [1.54, 1.807) is 24.1 Å². The van der Waals surface area contributed by atoms with E-state index in [2.05, 4.69) is 10.2 Å². The molecule has 6 nitrogen and oxygen atoms in total. The van der Waals surface area contributed by atoms with E-state index in [0.717, 1.165) is 0 Å².